The molecule has 2 aromatic carbocycles. The van der Waals surface area contributed by atoms with Gasteiger partial charge in [-0.2, -0.15) is 0 Å². The zero-order valence-electron chi connectivity index (χ0n) is 23.8. The van der Waals surface area contributed by atoms with E-state index in [9.17, 15) is 10.2 Å². The molecule has 41 heavy (non-hydrogen) atoms. The zero-order valence-corrected chi connectivity index (χ0v) is 23.8. The van der Waals surface area contributed by atoms with Crippen molar-refractivity contribution in [3.63, 3.8) is 0 Å². The van der Waals surface area contributed by atoms with Gasteiger partial charge >= 0.3 is 0 Å². The molecule has 0 saturated carbocycles. The Hall–Kier alpha value is -3.56. The van der Waals surface area contributed by atoms with Crippen LogP contribution in [-0.2, 0) is 31.4 Å². The fourth-order valence-electron chi connectivity index (χ4n) is 6.04. The highest BCUT2D eigenvalue weighted by Crippen LogP contribution is 2.34. The molecule has 214 valence electrons. The van der Waals surface area contributed by atoms with Gasteiger partial charge in [0.05, 0.1) is 24.2 Å². The number of para-hydroxylation sites is 1. The number of benzene rings is 2. The number of pyridine rings is 1. The van der Waals surface area contributed by atoms with Crippen molar-refractivity contribution in [1.29, 1.82) is 0 Å². The SMILES string of the molecule is Cc1cccc(-c2cccc(-c3ncc(C(O)O)n3C)n2)c1OCc1ccc2c(c1)CCN(CC1CCCOC1)C2. The van der Waals surface area contributed by atoms with Crippen LogP contribution in [-0.4, -0.2) is 56.0 Å². The second-order valence-electron chi connectivity index (χ2n) is 11.3. The van der Waals surface area contributed by atoms with Crippen molar-refractivity contribution < 1.29 is 19.7 Å². The quantitative estimate of drug-likeness (QED) is 0.302. The minimum Gasteiger partial charge on any atom is -0.488 e. The average molecular weight is 555 g/mol. The van der Waals surface area contributed by atoms with Gasteiger partial charge in [0.1, 0.15) is 18.1 Å². The number of aliphatic hydroxyl groups is 2. The monoisotopic (exact) mass is 554 g/mol. The molecule has 4 heterocycles. The first-order valence-corrected chi connectivity index (χ1v) is 14.4. The van der Waals surface area contributed by atoms with Crippen LogP contribution >= 0.6 is 0 Å². The molecule has 0 aliphatic carbocycles. The maximum absolute atomic E-state index is 9.61. The summed E-state index contributed by atoms with van der Waals surface area (Å²) >= 11 is 0. The third-order valence-electron chi connectivity index (χ3n) is 8.27. The van der Waals surface area contributed by atoms with Crippen molar-refractivity contribution in [2.45, 2.75) is 45.6 Å². The largest absolute Gasteiger partial charge is 0.488 e. The zero-order chi connectivity index (χ0) is 28.3. The van der Waals surface area contributed by atoms with Crippen LogP contribution in [0.1, 0.15) is 47.1 Å². The van der Waals surface area contributed by atoms with Crippen LogP contribution in [0.5, 0.6) is 5.75 Å². The van der Waals surface area contributed by atoms with Gasteiger partial charge in [-0.1, -0.05) is 36.4 Å². The molecular weight excluding hydrogens is 516 g/mol. The maximum atomic E-state index is 9.61. The lowest BCUT2D eigenvalue weighted by molar-refractivity contribution is -0.0477. The highest BCUT2D eigenvalue weighted by atomic mass is 16.5. The summed E-state index contributed by atoms with van der Waals surface area (Å²) in [5.41, 5.74) is 7.67. The molecule has 2 aliphatic heterocycles. The first-order valence-electron chi connectivity index (χ1n) is 14.4. The van der Waals surface area contributed by atoms with E-state index in [4.69, 9.17) is 14.5 Å². The van der Waals surface area contributed by atoms with Gasteiger partial charge < -0.3 is 24.3 Å². The molecule has 0 bridgehead atoms. The minimum atomic E-state index is -1.60. The molecule has 1 fully saturated rings. The van der Waals surface area contributed by atoms with E-state index in [1.165, 1.54) is 30.2 Å². The van der Waals surface area contributed by atoms with E-state index >= 15 is 0 Å². The second kappa shape index (κ2) is 12.1. The van der Waals surface area contributed by atoms with Crippen LogP contribution in [0.2, 0.25) is 0 Å². The predicted molar refractivity (Wildman–Crippen MR) is 157 cm³/mol. The molecule has 2 aliphatic rings. The first-order chi connectivity index (χ1) is 20.0. The lowest BCUT2D eigenvalue weighted by atomic mass is 9.95. The van der Waals surface area contributed by atoms with E-state index in [0.29, 0.717) is 29.7 Å². The molecular formula is C33H38N4O4. The van der Waals surface area contributed by atoms with Crippen LogP contribution < -0.4 is 4.74 Å². The third-order valence-corrected chi connectivity index (χ3v) is 8.27. The molecule has 8 nitrogen and oxygen atoms in total. The molecule has 0 amide bonds. The van der Waals surface area contributed by atoms with Crippen LogP contribution in [0.25, 0.3) is 22.8 Å². The van der Waals surface area contributed by atoms with Crippen molar-refractivity contribution in [2.75, 3.05) is 26.3 Å². The van der Waals surface area contributed by atoms with Gasteiger partial charge in [0.15, 0.2) is 12.1 Å². The highest BCUT2D eigenvalue weighted by molar-refractivity contribution is 5.71. The molecule has 8 heteroatoms. The number of nitrogens with zero attached hydrogens (tertiary/aromatic N) is 4. The van der Waals surface area contributed by atoms with E-state index < -0.39 is 6.29 Å². The van der Waals surface area contributed by atoms with E-state index in [1.807, 2.05) is 30.3 Å². The molecule has 6 rings (SSSR count). The molecule has 4 aromatic rings. The number of hydrogen-bond acceptors (Lipinski definition) is 7. The Bertz CT molecular complexity index is 1510. The Morgan fingerprint density at radius 1 is 1.07 bits per heavy atom. The standard InChI is InChI=1S/C33H38N4O4/c1-22-6-3-8-27(28-9-4-10-29(35-28)32-34-17-30(33(38)39)36(32)2)31(22)41-21-23-11-12-26-19-37(14-13-25(26)16-23)18-24-7-5-15-40-20-24/h3-4,6,8-12,16-17,24,33,38-39H,5,7,13-15,18-21H2,1-2H3. The number of aromatic nitrogens is 3. The smallest absolute Gasteiger partial charge is 0.195 e. The lowest BCUT2D eigenvalue weighted by Crippen LogP contribution is -2.37. The van der Waals surface area contributed by atoms with Crippen molar-refractivity contribution >= 4 is 0 Å². The molecule has 2 aromatic heterocycles. The minimum absolute atomic E-state index is 0.309. The summed E-state index contributed by atoms with van der Waals surface area (Å²) < 4.78 is 13.8. The van der Waals surface area contributed by atoms with E-state index in [-0.39, 0.29) is 0 Å². The van der Waals surface area contributed by atoms with Gasteiger partial charge in [-0.15, -0.1) is 0 Å². The Kier molecular flexibility index (Phi) is 8.16. The summed E-state index contributed by atoms with van der Waals surface area (Å²) in [4.78, 5) is 11.8. The van der Waals surface area contributed by atoms with Gasteiger partial charge in [-0.3, -0.25) is 4.90 Å². The summed E-state index contributed by atoms with van der Waals surface area (Å²) in [6.07, 6.45) is 3.38. The number of imidazole rings is 1. The predicted octanol–water partition coefficient (Wildman–Crippen LogP) is 4.80. The van der Waals surface area contributed by atoms with Crippen LogP contribution in [0.3, 0.4) is 0 Å². The molecule has 2 N–H and O–H groups in total. The number of fused-ring (bicyclic) bond motifs is 1. The number of rotatable bonds is 8. The highest BCUT2D eigenvalue weighted by Gasteiger charge is 2.22. The van der Waals surface area contributed by atoms with Gasteiger partial charge in [0, 0.05) is 38.9 Å². The number of ether oxygens (including phenoxy) is 2. The Labute approximate surface area is 241 Å². The second-order valence-corrected chi connectivity index (χ2v) is 11.3. The van der Waals surface area contributed by atoms with Crippen molar-refractivity contribution in [3.05, 3.63) is 88.7 Å². The molecule has 1 saturated heterocycles. The third kappa shape index (κ3) is 6.06. The van der Waals surface area contributed by atoms with Crippen LogP contribution in [0, 0.1) is 12.8 Å². The number of aliphatic hydroxyl groups excluding tert-OH is 1. The number of aryl methyl sites for hydroxylation is 1. The van der Waals surface area contributed by atoms with Gasteiger partial charge in [0.2, 0.25) is 0 Å². The van der Waals surface area contributed by atoms with Gasteiger partial charge in [-0.25, -0.2) is 9.97 Å². The summed E-state index contributed by atoms with van der Waals surface area (Å²) in [6, 6.07) is 18.6. The van der Waals surface area contributed by atoms with Crippen LogP contribution in [0.4, 0.5) is 0 Å². The van der Waals surface area contributed by atoms with E-state index in [1.54, 1.807) is 11.6 Å². The fourth-order valence-corrected chi connectivity index (χ4v) is 6.04. The average Bonchev–Trinajstić information content (AvgIpc) is 3.38. The Balaban J connectivity index is 1.17. The Morgan fingerprint density at radius 2 is 1.93 bits per heavy atom. The normalized spacial score (nSPS) is 17.5. The molecule has 1 atom stereocenters. The maximum Gasteiger partial charge on any atom is 0.195 e. The van der Waals surface area contributed by atoms with Gasteiger partial charge in [0.25, 0.3) is 0 Å². The van der Waals surface area contributed by atoms with Crippen molar-refractivity contribution in [3.8, 4) is 28.5 Å². The summed E-state index contributed by atoms with van der Waals surface area (Å²) in [5.74, 6) is 2.03. The fraction of sp³-hybridized carbons (Fsp3) is 0.394. The van der Waals surface area contributed by atoms with Gasteiger partial charge in [-0.05, 0) is 72.6 Å². The van der Waals surface area contributed by atoms with Crippen LogP contribution in [0.15, 0.2) is 60.8 Å². The summed E-state index contributed by atoms with van der Waals surface area (Å²) in [7, 11) is 1.74. The van der Waals surface area contributed by atoms with Crippen molar-refractivity contribution in [2.24, 2.45) is 13.0 Å². The first kappa shape index (κ1) is 27.6. The molecule has 1 unspecified atom stereocenters. The van der Waals surface area contributed by atoms with E-state index in [0.717, 1.165) is 67.4 Å². The topological polar surface area (TPSA) is 92.9 Å². The Morgan fingerprint density at radius 3 is 2.73 bits per heavy atom. The van der Waals surface area contributed by atoms with E-state index in [2.05, 4.69) is 41.1 Å². The summed E-state index contributed by atoms with van der Waals surface area (Å²) in [6.45, 7) is 7.57. The molecule has 0 spiro atoms. The molecule has 0 radical (unpaired) electrons. The lowest BCUT2D eigenvalue weighted by Gasteiger charge is -2.33. The van der Waals surface area contributed by atoms with Crippen molar-refractivity contribution in [1.82, 2.24) is 19.4 Å². The summed E-state index contributed by atoms with van der Waals surface area (Å²) in [5, 5.41) is 19.2. The number of hydrogen-bond donors (Lipinski definition) is 2.